The van der Waals surface area contributed by atoms with Crippen LogP contribution in [0.3, 0.4) is 0 Å². The third kappa shape index (κ3) is 3.47. The maximum Gasteiger partial charge on any atom is 0.226 e. The number of carbonyl (C=O) groups excluding carboxylic acids is 2. The van der Waals surface area contributed by atoms with Crippen molar-refractivity contribution in [1.82, 2.24) is 10.2 Å². The van der Waals surface area contributed by atoms with Crippen LogP contribution in [0.5, 0.6) is 0 Å². The van der Waals surface area contributed by atoms with Crippen molar-refractivity contribution in [3.8, 4) is 0 Å². The SMILES string of the molecule is CC(=O)N1CC(C(=O)N[C@H](C(C)C)C(C)(C)C)C1. The van der Waals surface area contributed by atoms with Crippen molar-refractivity contribution >= 4 is 11.8 Å². The van der Waals surface area contributed by atoms with Crippen molar-refractivity contribution < 1.29 is 9.59 Å². The molecule has 18 heavy (non-hydrogen) atoms. The van der Waals surface area contributed by atoms with Gasteiger partial charge in [-0.3, -0.25) is 9.59 Å². The molecule has 1 heterocycles. The molecule has 0 aromatic carbocycles. The first kappa shape index (κ1) is 15.0. The van der Waals surface area contributed by atoms with Crippen LogP contribution < -0.4 is 5.32 Å². The van der Waals surface area contributed by atoms with E-state index in [-0.39, 0.29) is 29.2 Å². The summed E-state index contributed by atoms with van der Waals surface area (Å²) in [6.07, 6.45) is 0. The van der Waals surface area contributed by atoms with E-state index >= 15 is 0 Å². The lowest BCUT2D eigenvalue weighted by atomic mass is 9.80. The molecule has 1 atom stereocenters. The minimum absolute atomic E-state index is 0.0301. The van der Waals surface area contributed by atoms with Crippen LogP contribution in [0, 0.1) is 17.3 Å². The lowest BCUT2D eigenvalue weighted by Crippen LogP contribution is -2.58. The fourth-order valence-electron chi connectivity index (χ4n) is 2.56. The molecule has 1 aliphatic rings. The van der Waals surface area contributed by atoms with Gasteiger partial charge >= 0.3 is 0 Å². The van der Waals surface area contributed by atoms with Gasteiger partial charge in [0.25, 0.3) is 0 Å². The van der Waals surface area contributed by atoms with E-state index in [2.05, 4.69) is 39.9 Å². The monoisotopic (exact) mass is 254 g/mol. The van der Waals surface area contributed by atoms with Crippen LogP contribution in [0.25, 0.3) is 0 Å². The van der Waals surface area contributed by atoms with Crippen LogP contribution in [0.4, 0.5) is 0 Å². The molecule has 1 fully saturated rings. The Morgan fingerprint density at radius 3 is 2.06 bits per heavy atom. The summed E-state index contributed by atoms with van der Waals surface area (Å²) in [5.74, 6) is 0.506. The molecule has 1 N–H and O–H groups in total. The van der Waals surface area contributed by atoms with E-state index in [4.69, 9.17) is 0 Å². The van der Waals surface area contributed by atoms with Gasteiger partial charge in [0, 0.05) is 26.1 Å². The molecule has 4 heteroatoms. The Morgan fingerprint density at radius 1 is 1.22 bits per heavy atom. The van der Waals surface area contributed by atoms with E-state index in [0.29, 0.717) is 19.0 Å². The number of nitrogens with zero attached hydrogens (tertiary/aromatic N) is 1. The number of likely N-dealkylation sites (tertiary alicyclic amines) is 1. The first-order valence-electron chi connectivity index (χ1n) is 6.68. The zero-order chi connectivity index (χ0) is 14.1. The van der Waals surface area contributed by atoms with Crippen molar-refractivity contribution in [1.29, 1.82) is 0 Å². The normalized spacial score (nSPS) is 18.5. The molecule has 4 nitrogen and oxygen atoms in total. The zero-order valence-corrected chi connectivity index (χ0v) is 12.4. The fraction of sp³-hybridized carbons (Fsp3) is 0.857. The summed E-state index contributed by atoms with van der Waals surface area (Å²) in [7, 11) is 0. The number of carbonyl (C=O) groups is 2. The zero-order valence-electron chi connectivity index (χ0n) is 12.4. The molecule has 0 unspecified atom stereocenters. The van der Waals surface area contributed by atoms with Gasteiger partial charge in [-0.15, -0.1) is 0 Å². The van der Waals surface area contributed by atoms with Gasteiger partial charge in [0.1, 0.15) is 0 Å². The number of hydrogen-bond acceptors (Lipinski definition) is 2. The van der Waals surface area contributed by atoms with Crippen LogP contribution >= 0.6 is 0 Å². The highest BCUT2D eigenvalue weighted by Gasteiger charge is 2.37. The van der Waals surface area contributed by atoms with E-state index in [1.807, 2.05) is 0 Å². The Hall–Kier alpha value is -1.06. The van der Waals surface area contributed by atoms with Crippen LogP contribution in [0.15, 0.2) is 0 Å². The predicted molar refractivity (Wildman–Crippen MR) is 72.0 cm³/mol. The number of hydrogen-bond donors (Lipinski definition) is 1. The summed E-state index contributed by atoms with van der Waals surface area (Å²) in [6.45, 7) is 13.3. The predicted octanol–water partition coefficient (Wildman–Crippen LogP) is 1.65. The molecule has 1 saturated heterocycles. The van der Waals surface area contributed by atoms with Gasteiger partial charge in [0.05, 0.1) is 5.92 Å². The van der Waals surface area contributed by atoms with Crippen LogP contribution in [-0.2, 0) is 9.59 Å². The molecule has 0 bridgehead atoms. The van der Waals surface area contributed by atoms with Gasteiger partial charge in [0.15, 0.2) is 0 Å². The summed E-state index contributed by atoms with van der Waals surface area (Å²) in [4.78, 5) is 24.9. The molecule has 0 spiro atoms. The van der Waals surface area contributed by atoms with Gasteiger partial charge in [-0.25, -0.2) is 0 Å². The highest BCUT2D eigenvalue weighted by Crippen LogP contribution is 2.26. The summed E-state index contributed by atoms with van der Waals surface area (Å²) in [6, 6.07) is 0.163. The van der Waals surface area contributed by atoms with Crippen molar-refractivity contribution in [3.63, 3.8) is 0 Å². The number of nitrogens with one attached hydrogen (secondary N) is 1. The molecular formula is C14H26N2O2. The smallest absolute Gasteiger partial charge is 0.226 e. The molecule has 0 aromatic rings. The largest absolute Gasteiger partial charge is 0.352 e. The lowest BCUT2D eigenvalue weighted by Gasteiger charge is -2.41. The number of amides is 2. The van der Waals surface area contributed by atoms with E-state index in [0.717, 1.165) is 0 Å². The topological polar surface area (TPSA) is 49.4 Å². The minimum atomic E-state index is -0.0301. The Kier molecular flexibility index (Phi) is 4.41. The molecule has 0 saturated carbocycles. The second kappa shape index (κ2) is 5.29. The van der Waals surface area contributed by atoms with E-state index in [9.17, 15) is 9.59 Å². The molecule has 0 aromatic heterocycles. The Labute approximate surface area is 110 Å². The number of rotatable bonds is 3. The summed E-state index contributed by atoms with van der Waals surface area (Å²) < 4.78 is 0. The van der Waals surface area contributed by atoms with Gasteiger partial charge in [-0.1, -0.05) is 34.6 Å². The van der Waals surface area contributed by atoms with E-state index in [1.165, 1.54) is 0 Å². The Balaban J connectivity index is 2.52. The first-order valence-corrected chi connectivity index (χ1v) is 6.68. The van der Waals surface area contributed by atoms with Crippen LogP contribution in [-0.4, -0.2) is 35.8 Å². The van der Waals surface area contributed by atoms with Crippen LogP contribution in [0.2, 0.25) is 0 Å². The molecule has 104 valence electrons. The maximum atomic E-state index is 12.1. The van der Waals surface area contributed by atoms with E-state index < -0.39 is 0 Å². The second-order valence-corrected chi connectivity index (χ2v) is 6.72. The van der Waals surface area contributed by atoms with Crippen molar-refractivity contribution in [2.24, 2.45) is 17.3 Å². The van der Waals surface area contributed by atoms with Crippen LogP contribution in [0.1, 0.15) is 41.5 Å². The average molecular weight is 254 g/mol. The molecular weight excluding hydrogens is 228 g/mol. The lowest BCUT2D eigenvalue weighted by molar-refractivity contribution is -0.142. The third-order valence-corrected chi connectivity index (χ3v) is 3.60. The van der Waals surface area contributed by atoms with E-state index in [1.54, 1.807) is 11.8 Å². The Morgan fingerprint density at radius 2 is 1.72 bits per heavy atom. The molecule has 0 radical (unpaired) electrons. The summed E-state index contributed by atoms with van der Waals surface area (Å²) in [5.41, 5.74) is 0.0494. The van der Waals surface area contributed by atoms with Crippen molar-refractivity contribution in [3.05, 3.63) is 0 Å². The Bertz CT molecular complexity index is 325. The summed E-state index contributed by atoms with van der Waals surface area (Å²) in [5, 5.41) is 3.14. The average Bonchev–Trinajstić information content (AvgIpc) is 2.08. The molecule has 2 amide bonds. The van der Waals surface area contributed by atoms with Crippen molar-refractivity contribution in [2.75, 3.05) is 13.1 Å². The molecule has 1 aliphatic heterocycles. The highest BCUT2D eigenvalue weighted by molar-refractivity contribution is 5.83. The summed E-state index contributed by atoms with van der Waals surface area (Å²) >= 11 is 0. The standard InChI is InChI=1S/C14H26N2O2/c1-9(2)12(14(4,5)6)15-13(18)11-7-16(8-11)10(3)17/h9,11-12H,7-8H2,1-6H3,(H,15,18)/t12-/m1/s1. The first-order chi connectivity index (χ1) is 8.12. The van der Waals surface area contributed by atoms with Crippen molar-refractivity contribution in [2.45, 2.75) is 47.6 Å². The minimum Gasteiger partial charge on any atom is -0.352 e. The highest BCUT2D eigenvalue weighted by atomic mass is 16.2. The second-order valence-electron chi connectivity index (χ2n) is 6.72. The molecule has 1 rings (SSSR count). The van der Waals surface area contributed by atoms with Gasteiger partial charge in [-0.2, -0.15) is 0 Å². The third-order valence-electron chi connectivity index (χ3n) is 3.60. The fourth-order valence-corrected chi connectivity index (χ4v) is 2.56. The maximum absolute atomic E-state index is 12.1. The van der Waals surface area contributed by atoms with Gasteiger partial charge in [0.2, 0.25) is 11.8 Å². The molecule has 0 aliphatic carbocycles. The van der Waals surface area contributed by atoms with Gasteiger partial charge < -0.3 is 10.2 Å². The quantitative estimate of drug-likeness (QED) is 0.832. The van der Waals surface area contributed by atoms with Gasteiger partial charge in [-0.05, 0) is 11.3 Å².